The number of carbonyl (C=O) groups excluding carboxylic acids is 2. The highest BCUT2D eigenvalue weighted by atomic mass is 16.5. The normalized spacial score (nSPS) is 11.8. The second kappa shape index (κ2) is 23.6. The van der Waals surface area contributed by atoms with Crippen molar-refractivity contribution >= 4 is 17.8 Å². The van der Waals surface area contributed by atoms with Crippen molar-refractivity contribution in [3.05, 3.63) is 0 Å². The Balaban J connectivity index is 4.01. The van der Waals surface area contributed by atoms with Crippen molar-refractivity contribution in [3.63, 3.8) is 0 Å². The predicted octanol–water partition coefficient (Wildman–Crippen LogP) is 6.94. The van der Waals surface area contributed by atoms with E-state index in [0.717, 1.165) is 51.4 Å². The second-order valence-corrected chi connectivity index (χ2v) is 9.31. The molecule has 0 aromatic heterocycles. The van der Waals surface area contributed by atoms with Gasteiger partial charge in [-0.3, -0.25) is 14.4 Å². The molecule has 194 valence electrons. The molecule has 0 saturated carbocycles. The number of carbonyl (C=O) groups is 3. The lowest BCUT2D eigenvalue weighted by molar-refractivity contribution is -0.150. The fraction of sp³-hybridized carbons (Fsp3) is 0.889. The third-order valence-corrected chi connectivity index (χ3v) is 6.03. The lowest BCUT2D eigenvalue weighted by Crippen LogP contribution is -2.28. The Labute approximate surface area is 202 Å². The molecule has 0 aliphatic heterocycles. The molecule has 1 atom stereocenters. The molecule has 6 heteroatoms. The first-order valence-electron chi connectivity index (χ1n) is 13.7. The van der Waals surface area contributed by atoms with Crippen molar-refractivity contribution in [3.8, 4) is 0 Å². The number of esters is 1. The average Bonchev–Trinajstić information content (AvgIpc) is 2.78. The van der Waals surface area contributed by atoms with Crippen LogP contribution < -0.4 is 5.32 Å². The summed E-state index contributed by atoms with van der Waals surface area (Å²) in [5, 5.41) is 11.0. The summed E-state index contributed by atoms with van der Waals surface area (Å²) < 4.78 is 5.81. The van der Waals surface area contributed by atoms with Crippen LogP contribution in [0.2, 0.25) is 0 Å². The predicted molar refractivity (Wildman–Crippen MR) is 134 cm³/mol. The fourth-order valence-electron chi connectivity index (χ4n) is 3.98. The fourth-order valence-corrected chi connectivity index (χ4v) is 3.98. The number of hydrogen-bond donors (Lipinski definition) is 2. The Morgan fingerprint density at radius 2 is 1.12 bits per heavy atom. The third-order valence-electron chi connectivity index (χ3n) is 6.03. The average molecular weight is 470 g/mol. The number of nitrogens with one attached hydrogen (secondary N) is 1. The first-order valence-corrected chi connectivity index (χ1v) is 13.7. The minimum Gasteiger partial charge on any atom is -0.480 e. The van der Waals surface area contributed by atoms with Gasteiger partial charge in [-0.15, -0.1) is 0 Å². The zero-order valence-electron chi connectivity index (χ0n) is 21.5. The van der Waals surface area contributed by atoms with Crippen LogP contribution in [0.3, 0.4) is 0 Å². The molecule has 2 N–H and O–H groups in total. The van der Waals surface area contributed by atoms with Gasteiger partial charge in [0.25, 0.3) is 0 Å². The summed E-state index contributed by atoms with van der Waals surface area (Å²) in [6, 6.07) is 0. The lowest BCUT2D eigenvalue weighted by Gasteiger charge is -2.18. The van der Waals surface area contributed by atoms with E-state index in [4.69, 9.17) is 9.84 Å². The van der Waals surface area contributed by atoms with Gasteiger partial charge in [0.2, 0.25) is 5.91 Å². The Hall–Kier alpha value is -1.59. The number of ether oxygens (including phenoxy) is 1. The topological polar surface area (TPSA) is 92.7 Å². The van der Waals surface area contributed by atoms with Crippen molar-refractivity contribution < 1.29 is 24.2 Å². The van der Waals surface area contributed by atoms with Crippen LogP contribution in [-0.4, -0.2) is 35.6 Å². The summed E-state index contributed by atoms with van der Waals surface area (Å²) in [5.41, 5.74) is 0. The summed E-state index contributed by atoms with van der Waals surface area (Å²) >= 11 is 0. The zero-order chi connectivity index (χ0) is 24.6. The molecule has 0 heterocycles. The Kier molecular flexibility index (Phi) is 22.4. The Morgan fingerprint density at radius 1 is 0.667 bits per heavy atom. The molecule has 1 unspecified atom stereocenters. The van der Waals surface area contributed by atoms with Crippen molar-refractivity contribution in [2.24, 2.45) is 0 Å². The number of unbranched alkanes of at least 4 members (excludes halogenated alkanes) is 13. The van der Waals surface area contributed by atoms with Gasteiger partial charge in [0.1, 0.15) is 12.6 Å². The van der Waals surface area contributed by atoms with E-state index >= 15 is 0 Å². The minimum absolute atomic E-state index is 0.0197. The molecule has 0 aromatic rings. The summed E-state index contributed by atoms with van der Waals surface area (Å²) in [6.45, 7) is 4.10. The Bertz CT molecular complexity index is 495. The maximum atomic E-state index is 12.3. The lowest BCUT2D eigenvalue weighted by atomic mass is 10.0. The molecule has 0 aliphatic rings. The molecule has 0 rings (SSSR count). The molecule has 0 bridgehead atoms. The molecule has 0 spiro atoms. The van der Waals surface area contributed by atoms with Crippen LogP contribution >= 0.6 is 0 Å². The van der Waals surface area contributed by atoms with Crippen molar-refractivity contribution in [1.82, 2.24) is 5.32 Å². The van der Waals surface area contributed by atoms with Gasteiger partial charge in [0, 0.05) is 12.8 Å². The number of amides is 1. The molecular formula is C27H51NO5. The first kappa shape index (κ1) is 31.4. The van der Waals surface area contributed by atoms with Crippen LogP contribution in [0.15, 0.2) is 0 Å². The minimum atomic E-state index is -1.03. The van der Waals surface area contributed by atoms with E-state index in [1.54, 1.807) is 0 Å². The van der Waals surface area contributed by atoms with Gasteiger partial charge < -0.3 is 15.2 Å². The summed E-state index contributed by atoms with van der Waals surface area (Å²) in [4.78, 5) is 34.4. The highest BCUT2D eigenvalue weighted by molar-refractivity contribution is 5.80. The zero-order valence-corrected chi connectivity index (χ0v) is 21.5. The van der Waals surface area contributed by atoms with Gasteiger partial charge in [-0.2, -0.15) is 0 Å². The van der Waals surface area contributed by atoms with Crippen molar-refractivity contribution in [2.45, 2.75) is 148 Å². The Morgan fingerprint density at radius 3 is 1.67 bits per heavy atom. The number of carboxylic acids is 1. The maximum Gasteiger partial charge on any atom is 0.322 e. The van der Waals surface area contributed by atoms with Crippen LogP contribution in [0.1, 0.15) is 142 Å². The summed E-state index contributed by atoms with van der Waals surface area (Å²) in [7, 11) is 0. The van der Waals surface area contributed by atoms with E-state index in [-0.39, 0.29) is 24.5 Å². The van der Waals surface area contributed by atoms with E-state index in [1.807, 2.05) is 0 Å². The smallest absolute Gasteiger partial charge is 0.322 e. The van der Waals surface area contributed by atoms with E-state index in [0.29, 0.717) is 12.8 Å². The van der Waals surface area contributed by atoms with Gasteiger partial charge in [0.05, 0.1) is 0 Å². The van der Waals surface area contributed by atoms with Crippen LogP contribution in [-0.2, 0) is 19.1 Å². The van der Waals surface area contributed by atoms with Gasteiger partial charge in [-0.25, -0.2) is 0 Å². The van der Waals surface area contributed by atoms with Gasteiger partial charge >= 0.3 is 11.9 Å². The van der Waals surface area contributed by atoms with Crippen molar-refractivity contribution in [1.29, 1.82) is 0 Å². The number of carboxylic acid groups (broad SMARTS) is 1. The number of hydrogen-bond acceptors (Lipinski definition) is 4. The molecular weight excluding hydrogens is 418 g/mol. The number of aliphatic carboxylic acids is 1. The highest BCUT2D eigenvalue weighted by Crippen LogP contribution is 2.17. The molecule has 1 amide bonds. The summed E-state index contributed by atoms with van der Waals surface area (Å²) in [6.07, 6.45) is 20.9. The molecule has 0 aromatic carbocycles. The van der Waals surface area contributed by atoms with E-state index < -0.39 is 5.97 Å². The van der Waals surface area contributed by atoms with Crippen LogP contribution in [0, 0.1) is 0 Å². The van der Waals surface area contributed by atoms with Gasteiger partial charge in [0.15, 0.2) is 0 Å². The third kappa shape index (κ3) is 23.4. The van der Waals surface area contributed by atoms with Gasteiger partial charge in [-0.1, -0.05) is 90.9 Å². The molecule has 0 saturated heterocycles. The SMILES string of the molecule is CCCCCCCCCCCC(=O)OC(CCCCCC)CCCCCC(=O)NCC(=O)O. The monoisotopic (exact) mass is 469 g/mol. The number of rotatable bonds is 24. The van der Waals surface area contributed by atoms with Crippen molar-refractivity contribution in [2.75, 3.05) is 6.54 Å². The molecule has 6 nitrogen and oxygen atoms in total. The maximum absolute atomic E-state index is 12.3. The summed E-state index contributed by atoms with van der Waals surface area (Å²) in [5.74, 6) is -1.31. The largest absolute Gasteiger partial charge is 0.480 e. The van der Waals surface area contributed by atoms with Gasteiger partial charge in [-0.05, 0) is 38.5 Å². The van der Waals surface area contributed by atoms with E-state index in [9.17, 15) is 14.4 Å². The first-order chi connectivity index (χ1) is 16.0. The standard InChI is InChI=1S/C27H51NO5/c1-3-5-7-9-10-11-12-13-18-22-27(32)33-24(19-15-8-6-4-2)20-16-14-17-21-25(29)28-23-26(30)31/h24H,3-23H2,1-2H3,(H,28,29)(H,30,31). The quantitative estimate of drug-likeness (QED) is 0.118. The second-order valence-electron chi connectivity index (χ2n) is 9.31. The van der Waals surface area contributed by atoms with E-state index in [1.165, 1.54) is 64.2 Å². The van der Waals surface area contributed by atoms with Crippen LogP contribution in [0.5, 0.6) is 0 Å². The van der Waals surface area contributed by atoms with E-state index in [2.05, 4.69) is 19.2 Å². The van der Waals surface area contributed by atoms with Crippen LogP contribution in [0.4, 0.5) is 0 Å². The molecule has 0 radical (unpaired) electrons. The molecule has 33 heavy (non-hydrogen) atoms. The van der Waals surface area contributed by atoms with Crippen LogP contribution in [0.25, 0.3) is 0 Å². The molecule has 0 fully saturated rings. The highest BCUT2D eigenvalue weighted by Gasteiger charge is 2.14. The molecule has 0 aliphatic carbocycles.